The normalized spacial score (nSPS) is 16.4. The Kier molecular flexibility index (Phi) is 8.18. The molecule has 0 saturated heterocycles. The zero-order valence-electron chi connectivity index (χ0n) is 9.64. The monoisotopic (exact) mass is 338 g/mol. The Hall–Kier alpha value is 0.520. The van der Waals surface area contributed by atoms with E-state index < -0.39 is 20.2 Å². The molecule has 0 aliphatic carbocycles. The van der Waals surface area contributed by atoms with Gasteiger partial charge in [0.2, 0.25) is 0 Å². The van der Waals surface area contributed by atoms with Gasteiger partial charge >= 0.3 is 0 Å². The molecular formula is C8H18O6S4. The number of hydrogen-bond acceptors (Lipinski definition) is 6. The SMILES string of the molecule is O=S(=O)(O)CCCC(S)C(S)CCCS(=O)(=O)O. The highest BCUT2D eigenvalue weighted by molar-refractivity contribution is 7.86. The van der Waals surface area contributed by atoms with E-state index in [-0.39, 0.29) is 34.8 Å². The molecule has 2 unspecified atom stereocenters. The van der Waals surface area contributed by atoms with Crippen LogP contribution in [-0.4, -0.2) is 47.9 Å². The van der Waals surface area contributed by atoms with Crippen molar-refractivity contribution in [1.82, 2.24) is 0 Å². The molecule has 2 N–H and O–H groups in total. The molecule has 0 rings (SSSR count). The minimum absolute atomic E-state index is 0.198. The number of hydrogen-bond donors (Lipinski definition) is 4. The van der Waals surface area contributed by atoms with Gasteiger partial charge in [0, 0.05) is 10.5 Å². The smallest absolute Gasteiger partial charge is 0.264 e. The summed E-state index contributed by atoms with van der Waals surface area (Å²) in [6, 6.07) is 0. The first-order valence-electron chi connectivity index (χ1n) is 5.28. The highest BCUT2D eigenvalue weighted by Gasteiger charge is 2.16. The van der Waals surface area contributed by atoms with Crippen LogP contribution in [0.3, 0.4) is 0 Å². The average molecular weight is 338 g/mol. The molecule has 0 saturated carbocycles. The van der Waals surface area contributed by atoms with Crippen LogP contribution in [0.25, 0.3) is 0 Å². The summed E-state index contributed by atoms with van der Waals surface area (Å²) in [7, 11) is -7.91. The van der Waals surface area contributed by atoms with Crippen LogP contribution in [0.4, 0.5) is 0 Å². The van der Waals surface area contributed by atoms with Crippen molar-refractivity contribution in [3.05, 3.63) is 0 Å². The zero-order chi connectivity index (χ0) is 14.4. The van der Waals surface area contributed by atoms with Crippen molar-refractivity contribution in [2.24, 2.45) is 0 Å². The lowest BCUT2D eigenvalue weighted by Gasteiger charge is -2.17. The van der Waals surface area contributed by atoms with Gasteiger partial charge in [-0.05, 0) is 25.7 Å². The van der Waals surface area contributed by atoms with E-state index in [4.69, 9.17) is 9.11 Å². The van der Waals surface area contributed by atoms with Crippen LogP contribution in [0.15, 0.2) is 0 Å². The van der Waals surface area contributed by atoms with Crippen LogP contribution < -0.4 is 0 Å². The summed E-state index contributed by atoms with van der Waals surface area (Å²) in [4.78, 5) is 0. The van der Waals surface area contributed by atoms with Crippen molar-refractivity contribution in [3.8, 4) is 0 Å². The predicted octanol–water partition coefficient (Wildman–Crippen LogP) is 0.919. The highest BCUT2D eigenvalue weighted by Crippen LogP contribution is 2.19. The molecule has 0 aromatic rings. The van der Waals surface area contributed by atoms with Crippen molar-refractivity contribution in [3.63, 3.8) is 0 Å². The van der Waals surface area contributed by atoms with E-state index in [9.17, 15) is 16.8 Å². The molecule has 2 atom stereocenters. The van der Waals surface area contributed by atoms with Gasteiger partial charge in [-0.2, -0.15) is 42.1 Å². The Morgan fingerprint density at radius 2 is 1.06 bits per heavy atom. The number of rotatable bonds is 9. The molecule has 0 radical (unpaired) electrons. The van der Waals surface area contributed by atoms with Crippen LogP contribution >= 0.6 is 25.3 Å². The van der Waals surface area contributed by atoms with Gasteiger partial charge < -0.3 is 0 Å². The van der Waals surface area contributed by atoms with E-state index in [1.165, 1.54) is 0 Å². The molecule has 0 fully saturated rings. The van der Waals surface area contributed by atoms with E-state index in [2.05, 4.69) is 25.3 Å². The first kappa shape index (κ1) is 18.5. The Morgan fingerprint density at radius 1 is 0.778 bits per heavy atom. The van der Waals surface area contributed by atoms with Crippen LogP contribution in [0.1, 0.15) is 25.7 Å². The topological polar surface area (TPSA) is 109 Å². The molecule has 0 aromatic carbocycles. The fraction of sp³-hybridized carbons (Fsp3) is 1.00. The van der Waals surface area contributed by atoms with E-state index in [1.807, 2.05) is 0 Å². The molecule has 110 valence electrons. The Labute approximate surface area is 119 Å². The van der Waals surface area contributed by atoms with Crippen LogP contribution in [0, 0.1) is 0 Å². The summed E-state index contributed by atoms with van der Waals surface area (Å²) < 4.78 is 59.0. The maximum Gasteiger partial charge on any atom is 0.264 e. The van der Waals surface area contributed by atoms with Crippen molar-refractivity contribution in [2.45, 2.75) is 36.2 Å². The third kappa shape index (κ3) is 11.6. The lowest BCUT2D eigenvalue weighted by Crippen LogP contribution is -2.18. The quantitative estimate of drug-likeness (QED) is 0.368. The molecule has 0 amide bonds. The molecule has 0 spiro atoms. The molecule has 0 aliphatic rings. The summed E-state index contributed by atoms with van der Waals surface area (Å²) in [5.41, 5.74) is 0. The zero-order valence-corrected chi connectivity index (χ0v) is 13.1. The largest absolute Gasteiger partial charge is 0.286 e. The lowest BCUT2D eigenvalue weighted by molar-refractivity contribution is 0.475. The predicted molar refractivity (Wildman–Crippen MR) is 76.8 cm³/mol. The van der Waals surface area contributed by atoms with Crippen molar-refractivity contribution in [1.29, 1.82) is 0 Å². The fourth-order valence-corrected chi connectivity index (χ4v) is 3.06. The molecule has 0 bridgehead atoms. The van der Waals surface area contributed by atoms with Gasteiger partial charge in [-0.15, -0.1) is 0 Å². The van der Waals surface area contributed by atoms with Crippen molar-refractivity contribution in [2.75, 3.05) is 11.5 Å². The van der Waals surface area contributed by atoms with E-state index >= 15 is 0 Å². The standard InChI is InChI=1S/C8H18O6S4/c9-17(10,11)5-1-3-7(15)8(16)4-2-6-18(12,13)14/h7-8,15-16H,1-6H2,(H,9,10,11)(H,12,13,14). The van der Waals surface area contributed by atoms with E-state index in [1.54, 1.807) is 0 Å². The van der Waals surface area contributed by atoms with Crippen molar-refractivity contribution < 1.29 is 25.9 Å². The maximum atomic E-state index is 10.5. The molecule has 0 aliphatic heterocycles. The second kappa shape index (κ2) is 7.95. The molecule has 18 heavy (non-hydrogen) atoms. The van der Waals surface area contributed by atoms with Gasteiger partial charge in [0.05, 0.1) is 11.5 Å². The van der Waals surface area contributed by atoms with Gasteiger partial charge in [0.15, 0.2) is 0 Å². The van der Waals surface area contributed by atoms with Gasteiger partial charge in [0.1, 0.15) is 0 Å². The van der Waals surface area contributed by atoms with Crippen LogP contribution in [0.2, 0.25) is 0 Å². The molecule has 0 heterocycles. The lowest BCUT2D eigenvalue weighted by atomic mass is 10.1. The maximum absolute atomic E-state index is 10.5. The first-order chi connectivity index (χ1) is 8.01. The van der Waals surface area contributed by atoms with Crippen molar-refractivity contribution >= 4 is 45.5 Å². The fourth-order valence-electron chi connectivity index (χ4n) is 1.33. The summed E-state index contributed by atoms with van der Waals surface area (Å²) >= 11 is 8.47. The number of thiol groups is 2. The summed E-state index contributed by atoms with van der Waals surface area (Å²) in [5.74, 6) is -0.648. The molecular weight excluding hydrogens is 320 g/mol. The Balaban J connectivity index is 3.86. The summed E-state index contributed by atoms with van der Waals surface area (Å²) in [5, 5.41) is -0.395. The summed E-state index contributed by atoms with van der Waals surface area (Å²) in [6.45, 7) is 0. The van der Waals surface area contributed by atoms with Gasteiger partial charge in [-0.1, -0.05) is 0 Å². The minimum Gasteiger partial charge on any atom is -0.286 e. The van der Waals surface area contributed by atoms with Gasteiger partial charge in [-0.25, -0.2) is 0 Å². The average Bonchev–Trinajstić information content (AvgIpc) is 2.13. The van der Waals surface area contributed by atoms with Crippen LogP contribution in [-0.2, 0) is 20.2 Å². The third-order valence-corrected chi connectivity index (χ3v) is 5.33. The minimum atomic E-state index is -3.95. The van der Waals surface area contributed by atoms with E-state index in [0.717, 1.165) is 0 Å². The Bertz CT molecular complexity index is 387. The summed E-state index contributed by atoms with van der Waals surface area (Å²) in [6.07, 6.45) is 1.43. The van der Waals surface area contributed by atoms with Gasteiger partial charge in [0.25, 0.3) is 20.2 Å². The molecule has 0 aromatic heterocycles. The van der Waals surface area contributed by atoms with Gasteiger partial charge in [-0.3, -0.25) is 9.11 Å². The Morgan fingerprint density at radius 3 is 1.28 bits per heavy atom. The first-order valence-corrected chi connectivity index (χ1v) is 9.53. The van der Waals surface area contributed by atoms with Crippen LogP contribution in [0.5, 0.6) is 0 Å². The van der Waals surface area contributed by atoms with E-state index in [0.29, 0.717) is 12.8 Å². The molecule has 6 nitrogen and oxygen atoms in total. The second-order valence-electron chi connectivity index (χ2n) is 3.99. The second-order valence-corrected chi connectivity index (χ2v) is 8.46. The molecule has 10 heteroatoms. The highest BCUT2D eigenvalue weighted by atomic mass is 32.2. The third-order valence-electron chi connectivity index (χ3n) is 2.25.